The van der Waals surface area contributed by atoms with Crippen molar-refractivity contribution < 1.29 is 47.7 Å². The van der Waals surface area contributed by atoms with Crippen molar-refractivity contribution in [1.82, 2.24) is 0 Å². The summed E-state index contributed by atoms with van der Waals surface area (Å²) in [6, 6.07) is 18.5. The van der Waals surface area contributed by atoms with E-state index >= 15 is 0 Å². The molecule has 0 aliphatic heterocycles. The average Bonchev–Trinajstić information content (AvgIpc) is 3.01. The highest BCUT2D eigenvalue weighted by Crippen LogP contribution is 2.33. The highest BCUT2D eigenvalue weighted by molar-refractivity contribution is 5.90. The number of esters is 5. The van der Waals surface area contributed by atoms with Crippen LogP contribution in [-0.4, -0.2) is 43.1 Å². The van der Waals surface area contributed by atoms with Gasteiger partial charge in [-0.3, -0.25) is 9.59 Å². The molecule has 0 atom stereocenters. The quantitative estimate of drug-likeness (QED) is 0.0816. The number of carbonyl (C=O) groups is 5. The Hall–Kier alpha value is -5.95. The lowest BCUT2D eigenvalue weighted by atomic mass is 9.98. The maximum Gasteiger partial charge on any atom is 0.384 e. The van der Waals surface area contributed by atoms with Gasteiger partial charge in [-0.05, 0) is 78.6 Å². The first-order valence-corrected chi connectivity index (χ1v) is 13.6. The first kappa shape index (κ1) is 33.6. The third-order valence-corrected chi connectivity index (χ3v) is 5.85. The summed E-state index contributed by atoms with van der Waals surface area (Å²) in [5.41, 5.74) is 3.30. The number of hydrogen-bond donors (Lipinski definition) is 0. The molecule has 0 aliphatic rings. The van der Waals surface area contributed by atoms with Crippen LogP contribution in [0.3, 0.4) is 0 Å². The van der Waals surface area contributed by atoms with Gasteiger partial charge in [-0.25, -0.2) is 14.4 Å². The molecule has 0 bridgehead atoms. The Balaban J connectivity index is 1.76. The van der Waals surface area contributed by atoms with Crippen LogP contribution in [0.1, 0.15) is 26.7 Å². The second kappa shape index (κ2) is 16.0. The van der Waals surface area contributed by atoms with Crippen molar-refractivity contribution in [3.63, 3.8) is 0 Å². The normalized spacial score (nSPS) is 10.1. The Morgan fingerprint density at radius 3 is 1.47 bits per heavy atom. The van der Waals surface area contributed by atoms with E-state index in [0.717, 1.165) is 11.1 Å². The van der Waals surface area contributed by atoms with Crippen molar-refractivity contribution in [3.8, 4) is 51.8 Å². The molecule has 0 spiro atoms. The molecule has 10 heteroatoms. The van der Waals surface area contributed by atoms with E-state index in [-0.39, 0.29) is 48.7 Å². The summed E-state index contributed by atoms with van der Waals surface area (Å²) >= 11 is 0. The molecule has 3 aromatic carbocycles. The van der Waals surface area contributed by atoms with Gasteiger partial charge in [0.25, 0.3) is 0 Å². The molecular weight excluding hydrogens is 580 g/mol. The summed E-state index contributed by atoms with van der Waals surface area (Å²) in [6.45, 7) is 9.82. The van der Waals surface area contributed by atoms with Gasteiger partial charge in [0.05, 0.1) is 12.8 Å². The van der Waals surface area contributed by atoms with Crippen LogP contribution in [0.4, 0.5) is 0 Å². The van der Waals surface area contributed by atoms with Gasteiger partial charge >= 0.3 is 29.8 Å². The lowest BCUT2D eigenvalue weighted by Gasteiger charge is -2.12. The van der Waals surface area contributed by atoms with Gasteiger partial charge in [0.15, 0.2) is 0 Å². The molecular formula is C35H30O10. The van der Waals surface area contributed by atoms with Crippen LogP contribution in [-0.2, 0) is 33.4 Å². The maximum atomic E-state index is 12.3. The molecule has 0 radical (unpaired) electrons. The van der Waals surface area contributed by atoms with Crippen LogP contribution < -0.4 is 14.2 Å². The maximum absolute atomic E-state index is 12.3. The van der Waals surface area contributed by atoms with Gasteiger partial charge in [0.2, 0.25) is 0 Å². The van der Waals surface area contributed by atoms with Gasteiger partial charge in [-0.2, -0.15) is 0 Å². The van der Waals surface area contributed by atoms with Crippen molar-refractivity contribution in [2.75, 3.05) is 13.2 Å². The lowest BCUT2D eigenvalue weighted by Crippen LogP contribution is -2.14. The Labute approximate surface area is 260 Å². The molecule has 3 aromatic rings. The van der Waals surface area contributed by atoms with Crippen LogP contribution in [0, 0.1) is 12.3 Å². The van der Waals surface area contributed by atoms with E-state index in [9.17, 15) is 24.0 Å². The summed E-state index contributed by atoms with van der Waals surface area (Å²) in [7, 11) is 0. The predicted octanol–water partition coefficient (Wildman–Crippen LogP) is 5.39. The Morgan fingerprint density at radius 1 is 0.600 bits per heavy atom. The van der Waals surface area contributed by atoms with E-state index in [1.807, 2.05) is 6.07 Å². The van der Waals surface area contributed by atoms with Crippen molar-refractivity contribution >= 4 is 29.8 Å². The fraction of sp³-hybridized carbons (Fsp3) is 0.171. The monoisotopic (exact) mass is 610 g/mol. The average molecular weight is 611 g/mol. The van der Waals surface area contributed by atoms with Crippen molar-refractivity contribution in [2.24, 2.45) is 0 Å². The zero-order valence-corrected chi connectivity index (χ0v) is 24.8. The van der Waals surface area contributed by atoms with E-state index < -0.39 is 29.8 Å². The predicted molar refractivity (Wildman–Crippen MR) is 164 cm³/mol. The van der Waals surface area contributed by atoms with Gasteiger partial charge < -0.3 is 23.7 Å². The summed E-state index contributed by atoms with van der Waals surface area (Å²) in [5.74, 6) is -0.598. The summed E-state index contributed by atoms with van der Waals surface area (Å²) in [5, 5.41) is 0. The minimum absolute atomic E-state index is 0.125. The highest BCUT2D eigenvalue weighted by atomic mass is 16.6. The first-order chi connectivity index (χ1) is 21.4. The summed E-state index contributed by atoms with van der Waals surface area (Å²) in [6.07, 6.45) is 4.62. The first-order valence-electron chi connectivity index (χ1n) is 13.6. The zero-order chi connectivity index (χ0) is 32.9. The van der Waals surface area contributed by atoms with E-state index in [2.05, 4.69) is 17.9 Å². The Kier molecular flexibility index (Phi) is 12.0. The molecule has 0 amide bonds. The molecule has 0 saturated heterocycles. The summed E-state index contributed by atoms with van der Waals surface area (Å²) in [4.78, 5) is 58.9. The Bertz CT molecular complexity index is 1660. The molecule has 0 saturated carbocycles. The summed E-state index contributed by atoms with van der Waals surface area (Å²) < 4.78 is 25.7. The topological polar surface area (TPSA) is 132 Å². The van der Waals surface area contributed by atoms with Gasteiger partial charge in [0.1, 0.15) is 30.5 Å². The van der Waals surface area contributed by atoms with Crippen LogP contribution in [0.2, 0.25) is 0 Å². The smallest absolute Gasteiger partial charge is 0.384 e. The molecule has 0 heterocycles. The molecule has 45 heavy (non-hydrogen) atoms. The lowest BCUT2D eigenvalue weighted by molar-refractivity contribution is -0.143. The number of terminal acetylenes is 1. The second-order valence-electron chi connectivity index (χ2n) is 9.61. The number of carbonyl (C=O) groups excluding carboxylic acids is 5. The largest absolute Gasteiger partial charge is 0.462 e. The SMILES string of the molecule is C#CC(=O)OCCC(=O)Oc1ccc(-c2cc(OC(=O)C(=C)C)cc(-c3ccc(OC(=O)CCOC(=O)C(=C)C)cc3)c2)cc1. The molecule has 0 N–H and O–H groups in total. The molecule has 0 fully saturated rings. The van der Waals surface area contributed by atoms with Gasteiger partial charge in [-0.15, -0.1) is 6.42 Å². The highest BCUT2D eigenvalue weighted by Gasteiger charge is 2.13. The van der Waals surface area contributed by atoms with E-state index in [1.54, 1.807) is 66.6 Å². The number of hydrogen-bond acceptors (Lipinski definition) is 10. The number of rotatable bonds is 13. The molecule has 0 aromatic heterocycles. The van der Waals surface area contributed by atoms with Crippen LogP contribution in [0.25, 0.3) is 22.3 Å². The molecule has 10 nitrogen and oxygen atoms in total. The standard InChI is InChI=1S/C35H30O10/c1-6-31(36)41-17-15-32(37)43-28-11-7-24(8-12-28)26-19-27(21-30(20-26)45-35(40)23(4)5)25-9-13-29(14-10-25)44-33(38)16-18-42-34(39)22(2)3/h1,7-14,19-21H,2,4,15-18H2,3,5H3. The fourth-order valence-electron chi connectivity index (χ4n) is 3.60. The molecule has 3 rings (SSSR count). The van der Waals surface area contributed by atoms with Crippen molar-refractivity contribution in [1.29, 1.82) is 0 Å². The van der Waals surface area contributed by atoms with E-state index in [0.29, 0.717) is 16.9 Å². The molecule has 230 valence electrons. The van der Waals surface area contributed by atoms with Gasteiger partial charge in [0, 0.05) is 17.1 Å². The van der Waals surface area contributed by atoms with Crippen molar-refractivity contribution in [3.05, 3.63) is 91.0 Å². The van der Waals surface area contributed by atoms with E-state index in [1.165, 1.54) is 13.8 Å². The second-order valence-corrected chi connectivity index (χ2v) is 9.61. The third kappa shape index (κ3) is 10.7. The Morgan fingerprint density at radius 2 is 1.04 bits per heavy atom. The third-order valence-electron chi connectivity index (χ3n) is 5.85. The van der Waals surface area contributed by atoms with Crippen LogP contribution in [0.5, 0.6) is 17.2 Å². The van der Waals surface area contributed by atoms with Crippen molar-refractivity contribution in [2.45, 2.75) is 26.7 Å². The van der Waals surface area contributed by atoms with E-state index in [4.69, 9.17) is 25.4 Å². The van der Waals surface area contributed by atoms with Gasteiger partial charge in [-0.1, -0.05) is 37.4 Å². The minimum atomic E-state index is -0.863. The minimum Gasteiger partial charge on any atom is -0.462 e. The number of benzene rings is 3. The van der Waals surface area contributed by atoms with Crippen LogP contribution >= 0.6 is 0 Å². The molecule has 0 aliphatic carbocycles. The zero-order valence-electron chi connectivity index (χ0n) is 24.8. The number of ether oxygens (including phenoxy) is 5. The van der Waals surface area contributed by atoms with Crippen LogP contribution in [0.15, 0.2) is 91.0 Å². The molecule has 0 unspecified atom stereocenters. The fourth-order valence-corrected chi connectivity index (χ4v) is 3.60.